The third kappa shape index (κ3) is 2.39. The molecule has 0 heterocycles. The molecule has 0 bridgehead atoms. The first kappa shape index (κ1) is 13.4. The standard InChI is InChI=1S/C14H12N2O4/c15-11-4-2-7(5-10(11)14(19)20)8-1-3-9(13(17)18)12(16)6-8/h1-6H,15-16H2,(H,17,18)(H,19,20). The Morgan fingerprint density at radius 1 is 0.750 bits per heavy atom. The van der Waals surface area contributed by atoms with Gasteiger partial charge in [0.15, 0.2) is 0 Å². The molecule has 0 atom stereocenters. The summed E-state index contributed by atoms with van der Waals surface area (Å²) in [5.74, 6) is -2.24. The lowest BCUT2D eigenvalue weighted by atomic mass is 9.99. The van der Waals surface area contributed by atoms with Crippen molar-refractivity contribution in [2.24, 2.45) is 0 Å². The highest BCUT2D eigenvalue weighted by atomic mass is 16.4. The van der Waals surface area contributed by atoms with Crippen LogP contribution < -0.4 is 11.5 Å². The average molecular weight is 272 g/mol. The van der Waals surface area contributed by atoms with Gasteiger partial charge in [-0.2, -0.15) is 0 Å². The fourth-order valence-electron chi connectivity index (χ4n) is 1.86. The first-order valence-corrected chi connectivity index (χ1v) is 5.66. The second-order valence-electron chi connectivity index (χ2n) is 4.21. The average Bonchev–Trinajstić information content (AvgIpc) is 2.38. The van der Waals surface area contributed by atoms with Crippen molar-refractivity contribution in [3.05, 3.63) is 47.5 Å². The van der Waals surface area contributed by atoms with E-state index < -0.39 is 11.9 Å². The minimum atomic E-state index is -1.13. The number of anilines is 2. The third-order valence-electron chi connectivity index (χ3n) is 2.90. The van der Waals surface area contributed by atoms with Crippen LogP contribution in [0.4, 0.5) is 11.4 Å². The van der Waals surface area contributed by atoms with Gasteiger partial charge in [-0.25, -0.2) is 9.59 Å². The van der Waals surface area contributed by atoms with Gasteiger partial charge in [-0.1, -0.05) is 12.1 Å². The molecule has 0 aliphatic carbocycles. The molecule has 0 unspecified atom stereocenters. The fraction of sp³-hybridized carbons (Fsp3) is 0. The Balaban J connectivity index is 2.52. The number of rotatable bonds is 3. The topological polar surface area (TPSA) is 127 Å². The number of benzene rings is 2. The Labute approximate surface area is 114 Å². The lowest BCUT2D eigenvalue weighted by molar-refractivity contribution is 0.0687. The lowest BCUT2D eigenvalue weighted by Gasteiger charge is -2.08. The zero-order valence-electron chi connectivity index (χ0n) is 10.3. The van der Waals surface area contributed by atoms with E-state index in [-0.39, 0.29) is 22.5 Å². The van der Waals surface area contributed by atoms with Crippen LogP contribution in [0.1, 0.15) is 20.7 Å². The summed E-state index contributed by atoms with van der Waals surface area (Å²) >= 11 is 0. The van der Waals surface area contributed by atoms with Gasteiger partial charge in [0, 0.05) is 11.4 Å². The molecule has 0 fully saturated rings. The first-order valence-electron chi connectivity index (χ1n) is 5.66. The van der Waals surface area contributed by atoms with Crippen molar-refractivity contribution in [2.75, 3.05) is 11.5 Å². The molecule has 102 valence electrons. The van der Waals surface area contributed by atoms with Crippen molar-refractivity contribution in [1.82, 2.24) is 0 Å². The summed E-state index contributed by atoms with van der Waals surface area (Å²) in [5, 5.41) is 17.9. The van der Waals surface area contributed by atoms with Crippen LogP contribution in [0.25, 0.3) is 11.1 Å². The summed E-state index contributed by atoms with van der Waals surface area (Å²) in [6.45, 7) is 0. The van der Waals surface area contributed by atoms with Crippen LogP contribution in [0.5, 0.6) is 0 Å². The summed E-state index contributed by atoms with van der Waals surface area (Å²) in [5.41, 5.74) is 12.7. The number of nitrogen functional groups attached to an aromatic ring is 2. The molecule has 2 aromatic carbocycles. The SMILES string of the molecule is Nc1cc(-c2ccc(N)c(C(=O)O)c2)ccc1C(=O)O. The van der Waals surface area contributed by atoms with Crippen LogP contribution in [-0.4, -0.2) is 22.2 Å². The van der Waals surface area contributed by atoms with Gasteiger partial charge < -0.3 is 21.7 Å². The molecule has 0 saturated carbocycles. The summed E-state index contributed by atoms with van der Waals surface area (Å²) in [6, 6.07) is 8.99. The van der Waals surface area contributed by atoms with Crippen molar-refractivity contribution in [1.29, 1.82) is 0 Å². The minimum Gasteiger partial charge on any atom is -0.478 e. The molecule has 0 amide bonds. The van der Waals surface area contributed by atoms with Crippen molar-refractivity contribution < 1.29 is 19.8 Å². The molecule has 6 N–H and O–H groups in total. The number of hydrogen-bond acceptors (Lipinski definition) is 4. The van der Waals surface area contributed by atoms with E-state index in [0.29, 0.717) is 11.1 Å². The fourth-order valence-corrected chi connectivity index (χ4v) is 1.86. The molecular formula is C14H12N2O4. The summed E-state index contributed by atoms with van der Waals surface area (Å²) in [7, 11) is 0. The van der Waals surface area contributed by atoms with E-state index in [0.717, 1.165) is 0 Å². The highest BCUT2D eigenvalue weighted by Crippen LogP contribution is 2.27. The molecule has 2 rings (SSSR count). The van der Waals surface area contributed by atoms with Gasteiger partial charge in [-0.3, -0.25) is 0 Å². The molecule has 6 heteroatoms. The van der Waals surface area contributed by atoms with Crippen LogP contribution >= 0.6 is 0 Å². The number of aromatic carboxylic acids is 2. The molecule has 0 radical (unpaired) electrons. The highest BCUT2D eigenvalue weighted by molar-refractivity contribution is 5.97. The number of carboxylic acids is 2. The monoisotopic (exact) mass is 272 g/mol. The zero-order chi connectivity index (χ0) is 14.9. The Hall–Kier alpha value is -3.02. The van der Waals surface area contributed by atoms with Crippen LogP contribution in [-0.2, 0) is 0 Å². The summed E-state index contributed by atoms with van der Waals surface area (Å²) in [4.78, 5) is 21.9. The van der Waals surface area contributed by atoms with Crippen molar-refractivity contribution in [3.63, 3.8) is 0 Å². The molecule has 6 nitrogen and oxygen atoms in total. The molecule has 2 aromatic rings. The lowest BCUT2D eigenvalue weighted by Crippen LogP contribution is -2.03. The van der Waals surface area contributed by atoms with E-state index in [2.05, 4.69) is 0 Å². The van der Waals surface area contributed by atoms with Gasteiger partial charge in [-0.15, -0.1) is 0 Å². The van der Waals surface area contributed by atoms with E-state index >= 15 is 0 Å². The normalized spacial score (nSPS) is 10.2. The minimum absolute atomic E-state index is 0.00246. The maximum atomic E-state index is 11.0. The summed E-state index contributed by atoms with van der Waals surface area (Å²) < 4.78 is 0. The van der Waals surface area contributed by atoms with E-state index in [1.54, 1.807) is 12.1 Å². The summed E-state index contributed by atoms with van der Waals surface area (Å²) in [6.07, 6.45) is 0. The Kier molecular flexibility index (Phi) is 3.30. The second-order valence-corrected chi connectivity index (χ2v) is 4.21. The number of hydrogen-bond donors (Lipinski definition) is 4. The largest absolute Gasteiger partial charge is 0.478 e. The maximum Gasteiger partial charge on any atom is 0.337 e. The van der Waals surface area contributed by atoms with Crippen LogP contribution in [0.3, 0.4) is 0 Å². The van der Waals surface area contributed by atoms with Gasteiger partial charge in [0.2, 0.25) is 0 Å². The van der Waals surface area contributed by atoms with Crippen molar-refractivity contribution in [2.45, 2.75) is 0 Å². The molecule has 0 aliphatic rings. The Morgan fingerprint density at radius 3 is 1.85 bits per heavy atom. The van der Waals surface area contributed by atoms with E-state index in [1.807, 2.05) is 0 Å². The van der Waals surface area contributed by atoms with Crippen LogP contribution in [0.15, 0.2) is 36.4 Å². The van der Waals surface area contributed by atoms with E-state index in [4.69, 9.17) is 21.7 Å². The molecule has 20 heavy (non-hydrogen) atoms. The predicted molar refractivity (Wildman–Crippen MR) is 74.6 cm³/mol. The zero-order valence-corrected chi connectivity index (χ0v) is 10.3. The van der Waals surface area contributed by atoms with Crippen LogP contribution in [0, 0.1) is 0 Å². The molecule has 0 aromatic heterocycles. The molecule has 0 spiro atoms. The van der Waals surface area contributed by atoms with Crippen LogP contribution in [0.2, 0.25) is 0 Å². The van der Waals surface area contributed by atoms with Gasteiger partial charge >= 0.3 is 11.9 Å². The van der Waals surface area contributed by atoms with Gasteiger partial charge in [0.05, 0.1) is 11.1 Å². The van der Waals surface area contributed by atoms with E-state index in [9.17, 15) is 9.59 Å². The van der Waals surface area contributed by atoms with Crippen molar-refractivity contribution in [3.8, 4) is 11.1 Å². The van der Waals surface area contributed by atoms with E-state index in [1.165, 1.54) is 24.3 Å². The van der Waals surface area contributed by atoms with Crippen molar-refractivity contribution >= 4 is 23.3 Å². The predicted octanol–water partition coefficient (Wildman–Crippen LogP) is 1.91. The Morgan fingerprint density at radius 2 is 1.30 bits per heavy atom. The molecule has 0 aliphatic heterocycles. The highest BCUT2D eigenvalue weighted by Gasteiger charge is 2.12. The number of carbonyl (C=O) groups is 2. The van der Waals surface area contributed by atoms with Gasteiger partial charge in [-0.05, 0) is 35.4 Å². The second kappa shape index (κ2) is 4.93. The Bertz CT molecular complexity index is 710. The smallest absolute Gasteiger partial charge is 0.337 e. The maximum absolute atomic E-state index is 11.0. The first-order chi connectivity index (χ1) is 9.40. The quantitative estimate of drug-likeness (QED) is 0.632. The number of carboxylic acid groups (broad SMARTS) is 2. The molecular weight excluding hydrogens is 260 g/mol. The van der Waals surface area contributed by atoms with Gasteiger partial charge in [0.1, 0.15) is 0 Å². The van der Waals surface area contributed by atoms with Gasteiger partial charge in [0.25, 0.3) is 0 Å². The third-order valence-corrected chi connectivity index (χ3v) is 2.90. The number of nitrogens with two attached hydrogens (primary N) is 2. The molecule has 0 saturated heterocycles.